The van der Waals surface area contributed by atoms with Crippen molar-refractivity contribution >= 4 is 10.8 Å². The molecule has 0 atom stereocenters. The van der Waals surface area contributed by atoms with E-state index in [1.165, 1.54) is 13.2 Å². The monoisotopic (exact) mass is 204 g/mol. The van der Waals surface area contributed by atoms with E-state index >= 15 is 0 Å². The molecule has 78 valence electrons. The number of aryl methyl sites for hydroxylation is 1. The van der Waals surface area contributed by atoms with E-state index in [2.05, 4.69) is 0 Å². The summed E-state index contributed by atoms with van der Waals surface area (Å²) in [6.07, 6.45) is 0. The molecular weight excluding hydrogens is 192 g/mol. The molecule has 0 saturated carbocycles. The van der Waals surface area contributed by atoms with Crippen molar-refractivity contribution in [3.63, 3.8) is 0 Å². The SMILES string of the molecule is COc1cc(C)cc2ccc(O)c(O)c12. The maximum absolute atomic E-state index is 9.73. The lowest BCUT2D eigenvalue weighted by Gasteiger charge is -2.09. The van der Waals surface area contributed by atoms with Gasteiger partial charge >= 0.3 is 0 Å². The lowest BCUT2D eigenvalue weighted by molar-refractivity contribution is 0.399. The van der Waals surface area contributed by atoms with E-state index in [1.807, 2.05) is 19.1 Å². The predicted octanol–water partition coefficient (Wildman–Crippen LogP) is 2.57. The molecule has 3 heteroatoms. The summed E-state index contributed by atoms with van der Waals surface area (Å²) in [5.41, 5.74) is 1.05. The number of aromatic hydroxyl groups is 2. The minimum Gasteiger partial charge on any atom is -0.504 e. The first kappa shape index (κ1) is 9.65. The first-order valence-corrected chi connectivity index (χ1v) is 4.62. The van der Waals surface area contributed by atoms with Crippen molar-refractivity contribution in [3.05, 3.63) is 29.8 Å². The van der Waals surface area contributed by atoms with Crippen molar-refractivity contribution in [3.8, 4) is 17.2 Å². The van der Waals surface area contributed by atoms with Gasteiger partial charge in [0.15, 0.2) is 11.5 Å². The van der Waals surface area contributed by atoms with Gasteiger partial charge in [0.25, 0.3) is 0 Å². The van der Waals surface area contributed by atoms with Crippen molar-refractivity contribution in [2.75, 3.05) is 7.11 Å². The van der Waals surface area contributed by atoms with Gasteiger partial charge in [0.1, 0.15) is 5.75 Å². The van der Waals surface area contributed by atoms with E-state index in [1.54, 1.807) is 6.07 Å². The van der Waals surface area contributed by atoms with Crippen LogP contribution in [0, 0.1) is 6.92 Å². The van der Waals surface area contributed by atoms with Crippen molar-refractivity contribution in [1.82, 2.24) is 0 Å². The van der Waals surface area contributed by atoms with Crippen LogP contribution in [0.1, 0.15) is 5.56 Å². The van der Waals surface area contributed by atoms with Crippen LogP contribution >= 0.6 is 0 Å². The number of methoxy groups -OCH3 is 1. The van der Waals surface area contributed by atoms with Crippen LogP contribution in [0.2, 0.25) is 0 Å². The molecule has 0 aliphatic rings. The second kappa shape index (κ2) is 3.35. The number of fused-ring (bicyclic) bond motifs is 1. The number of ether oxygens (including phenoxy) is 1. The molecule has 15 heavy (non-hydrogen) atoms. The third-order valence-electron chi connectivity index (χ3n) is 2.40. The van der Waals surface area contributed by atoms with Crippen molar-refractivity contribution < 1.29 is 14.9 Å². The quantitative estimate of drug-likeness (QED) is 0.702. The summed E-state index contributed by atoms with van der Waals surface area (Å²) in [5, 5.41) is 20.5. The lowest BCUT2D eigenvalue weighted by atomic mass is 10.1. The molecule has 2 aromatic carbocycles. The third kappa shape index (κ3) is 1.46. The first-order valence-electron chi connectivity index (χ1n) is 4.62. The summed E-state index contributed by atoms with van der Waals surface area (Å²) in [6, 6.07) is 6.97. The largest absolute Gasteiger partial charge is 0.504 e. The standard InChI is InChI=1S/C12H12O3/c1-7-5-8-3-4-9(13)12(14)11(8)10(6-7)15-2/h3-6,13-14H,1-2H3. The molecule has 0 unspecified atom stereocenters. The van der Waals surface area contributed by atoms with Gasteiger partial charge < -0.3 is 14.9 Å². The minimum atomic E-state index is -0.135. The average molecular weight is 204 g/mol. The van der Waals surface area contributed by atoms with Crippen molar-refractivity contribution in [1.29, 1.82) is 0 Å². The maximum Gasteiger partial charge on any atom is 0.169 e. The topological polar surface area (TPSA) is 49.7 Å². The van der Waals surface area contributed by atoms with E-state index < -0.39 is 0 Å². The van der Waals surface area contributed by atoms with Crippen LogP contribution in [0.3, 0.4) is 0 Å². The molecule has 0 fully saturated rings. The highest BCUT2D eigenvalue weighted by atomic mass is 16.5. The van der Waals surface area contributed by atoms with Crippen LogP contribution < -0.4 is 4.74 Å². The Kier molecular flexibility index (Phi) is 2.15. The molecule has 0 heterocycles. The summed E-state index contributed by atoms with van der Waals surface area (Å²) < 4.78 is 5.17. The van der Waals surface area contributed by atoms with E-state index in [4.69, 9.17) is 4.74 Å². The van der Waals surface area contributed by atoms with Gasteiger partial charge in [-0.05, 0) is 30.0 Å². The lowest BCUT2D eigenvalue weighted by Crippen LogP contribution is -1.87. The molecule has 0 saturated heterocycles. The molecule has 0 spiro atoms. The van der Waals surface area contributed by atoms with Gasteiger partial charge in [-0.2, -0.15) is 0 Å². The number of hydrogen-bond donors (Lipinski definition) is 2. The first-order chi connectivity index (χ1) is 7.13. The number of phenols is 2. The van der Waals surface area contributed by atoms with E-state index in [0.29, 0.717) is 11.1 Å². The van der Waals surface area contributed by atoms with Crippen LogP contribution in [0.25, 0.3) is 10.8 Å². The molecule has 2 N–H and O–H groups in total. The molecule has 0 amide bonds. The predicted molar refractivity (Wildman–Crippen MR) is 58.6 cm³/mol. The molecular formula is C12H12O3. The van der Waals surface area contributed by atoms with Gasteiger partial charge in [-0.15, -0.1) is 0 Å². The Morgan fingerprint density at radius 1 is 1.13 bits per heavy atom. The Morgan fingerprint density at radius 3 is 2.53 bits per heavy atom. The van der Waals surface area contributed by atoms with E-state index in [0.717, 1.165) is 10.9 Å². The second-order valence-electron chi connectivity index (χ2n) is 3.50. The normalized spacial score (nSPS) is 10.5. The molecule has 0 aromatic heterocycles. The van der Waals surface area contributed by atoms with E-state index in [-0.39, 0.29) is 11.5 Å². The highest BCUT2D eigenvalue weighted by molar-refractivity contribution is 5.95. The van der Waals surface area contributed by atoms with Gasteiger partial charge in [0, 0.05) is 0 Å². The highest BCUT2D eigenvalue weighted by Crippen LogP contribution is 2.39. The summed E-state index contributed by atoms with van der Waals surface area (Å²) in [6.45, 7) is 1.95. The maximum atomic E-state index is 9.73. The molecule has 0 aliphatic heterocycles. The fraction of sp³-hybridized carbons (Fsp3) is 0.167. The van der Waals surface area contributed by atoms with E-state index in [9.17, 15) is 10.2 Å². The average Bonchev–Trinajstić information content (AvgIpc) is 2.22. The van der Waals surface area contributed by atoms with Crippen LogP contribution in [0.15, 0.2) is 24.3 Å². The molecule has 2 rings (SSSR count). The van der Waals surface area contributed by atoms with Gasteiger partial charge in [0.2, 0.25) is 0 Å². The highest BCUT2D eigenvalue weighted by Gasteiger charge is 2.10. The summed E-state index contributed by atoms with van der Waals surface area (Å²) >= 11 is 0. The van der Waals surface area contributed by atoms with Crippen LogP contribution in [0.5, 0.6) is 17.2 Å². The van der Waals surface area contributed by atoms with Crippen LogP contribution in [0.4, 0.5) is 0 Å². The molecule has 0 bridgehead atoms. The fourth-order valence-corrected chi connectivity index (χ4v) is 1.70. The zero-order chi connectivity index (χ0) is 11.0. The second-order valence-corrected chi connectivity index (χ2v) is 3.50. The van der Waals surface area contributed by atoms with Crippen molar-refractivity contribution in [2.45, 2.75) is 6.92 Å². The van der Waals surface area contributed by atoms with Crippen LogP contribution in [-0.4, -0.2) is 17.3 Å². The fourth-order valence-electron chi connectivity index (χ4n) is 1.70. The smallest absolute Gasteiger partial charge is 0.169 e. The molecule has 0 aliphatic carbocycles. The molecule has 2 aromatic rings. The third-order valence-corrected chi connectivity index (χ3v) is 2.40. The zero-order valence-electron chi connectivity index (χ0n) is 8.61. The van der Waals surface area contributed by atoms with Gasteiger partial charge in [-0.1, -0.05) is 12.1 Å². The Labute approximate surface area is 87.5 Å². The van der Waals surface area contributed by atoms with Crippen molar-refractivity contribution in [2.24, 2.45) is 0 Å². The minimum absolute atomic E-state index is 0.135. The zero-order valence-corrected chi connectivity index (χ0v) is 8.61. The Bertz CT molecular complexity index is 518. The Hall–Kier alpha value is -1.90. The Balaban J connectivity index is 2.91. The van der Waals surface area contributed by atoms with Crippen LogP contribution in [-0.2, 0) is 0 Å². The summed E-state index contributed by atoms with van der Waals surface area (Å²) in [7, 11) is 1.54. The Morgan fingerprint density at radius 2 is 1.87 bits per heavy atom. The number of phenolic OH excluding ortho intramolecular Hbond substituents is 2. The number of hydrogen-bond acceptors (Lipinski definition) is 3. The molecule has 3 nitrogen and oxygen atoms in total. The van der Waals surface area contributed by atoms with Gasteiger partial charge in [-0.25, -0.2) is 0 Å². The van der Waals surface area contributed by atoms with Gasteiger partial charge in [-0.3, -0.25) is 0 Å². The summed E-state index contributed by atoms with van der Waals surface area (Å²) in [4.78, 5) is 0. The number of benzene rings is 2. The molecule has 0 radical (unpaired) electrons. The van der Waals surface area contributed by atoms with Gasteiger partial charge in [0.05, 0.1) is 12.5 Å². The summed E-state index contributed by atoms with van der Waals surface area (Å²) in [5.74, 6) is 0.299. The number of rotatable bonds is 1.